The van der Waals surface area contributed by atoms with Crippen molar-refractivity contribution in [3.63, 3.8) is 0 Å². The number of ether oxygens (including phenoxy) is 1. The van der Waals surface area contributed by atoms with Crippen molar-refractivity contribution in [1.29, 1.82) is 0 Å². The van der Waals surface area contributed by atoms with Gasteiger partial charge in [0.2, 0.25) is 0 Å². The highest BCUT2D eigenvalue weighted by Gasteiger charge is 2.08. The Kier molecular flexibility index (Phi) is 5.43. The molecular weight excluding hydrogens is 370 g/mol. The normalized spacial score (nSPS) is 10.5. The molecule has 2 aromatic carbocycles. The second kappa shape index (κ2) is 7.08. The molecule has 0 atom stereocenters. The fourth-order valence-corrected chi connectivity index (χ4v) is 3.29. The maximum absolute atomic E-state index is 5.84. The summed E-state index contributed by atoms with van der Waals surface area (Å²) in [5.41, 5.74) is 7.97. The minimum Gasteiger partial charge on any atom is -0.491 e. The van der Waals surface area contributed by atoms with E-state index in [9.17, 15) is 0 Å². The molecule has 2 rings (SSSR count). The summed E-state index contributed by atoms with van der Waals surface area (Å²) in [7, 11) is 0. The first-order valence-electron chi connectivity index (χ1n) is 6.05. The zero-order valence-electron chi connectivity index (χ0n) is 10.4. The lowest BCUT2D eigenvalue weighted by Gasteiger charge is -2.12. The van der Waals surface area contributed by atoms with Gasteiger partial charge in [0.15, 0.2) is 0 Å². The molecule has 0 aliphatic heterocycles. The van der Waals surface area contributed by atoms with Crippen molar-refractivity contribution in [2.24, 2.45) is 5.73 Å². The quantitative estimate of drug-likeness (QED) is 0.834. The van der Waals surface area contributed by atoms with Crippen LogP contribution in [0.2, 0.25) is 0 Å². The molecule has 0 radical (unpaired) electrons. The molecule has 0 aliphatic rings. The molecule has 19 heavy (non-hydrogen) atoms. The van der Waals surface area contributed by atoms with Gasteiger partial charge in [-0.25, -0.2) is 0 Å². The predicted molar refractivity (Wildman–Crippen MR) is 85.4 cm³/mol. The predicted octanol–water partition coefficient (Wildman–Crippen LogP) is 4.29. The Hall–Kier alpha value is -0.840. The Morgan fingerprint density at radius 2 is 1.58 bits per heavy atom. The summed E-state index contributed by atoms with van der Waals surface area (Å²) in [6, 6.07) is 14.3. The van der Waals surface area contributed by atoms with Gasteiger partial charge in [-0.15, -0.1) is 0 Å². The van der Waals surface area contributed by atoms with Gasteiger partial charge in [0.05, 0.1) is 15.6 Å². The Morgan fingerprint density at radius 1 is 0.947 bits per heavy atom. The van der Waals surface area contributed by atoms with Gasteiger partial charge in [-0.1, -0.05) is 30.3 Å². The second-order valence-corrected chi connectivity index (χ2v) is 5.89. The summed E-state index contributed by atoms with van der Waals surface area (Å²) in [4.78, 5) is 0. The molecule has 0 saturated heterocycles. The van der Waals surface area contributed by atoms with Gasteiger partial charge < -0.3 is 10.5 Å². The third kappa shape index (κ3) is 4.06. The fourth-order valence-electron chi connectivity index (χ4n) is 1.78. The van der Waals surface area contributed by atoms with Gasteiger partial charge in [-0.3, -0.25) is 0 Å². The number of rotatable bonds is 5. The van der Waals surface area contributed by atoms with Crippen molar-refractivity contribution in [3.05, 3.63) is 62.5 Å². The van der Waals surface area contributed by atoms with Crippen LogP contribution in [-0.2, 0) is 13.0 Å². The summed E-state index contributed by atoms with van der Waals surface area (Å²) in [5.74, 6) is 0.827. The Balaban J connectivity index is 2.00. The Morgan fingerprint density at radius 3 is 2.16 bits per heavy atom. The molecule has 4 heteroatoms. The molecule has 0 aromatic heterocycles. The standard InChI is InChI=1S/C15H15Br2NO/c16-13-8-12(10-18)9-14(17)15(13)19-7-6-11-4-2-1-3-5-11/h1-5,8-9H,6-7,10,18H2. The molecule has 2 nitrogen and oxygen atoms in total. The van der Waals surface area contributed by atoms with E-state index < -0.39 is 0 Å². The van der Waals surface area contributed by atoms with E-state index in [4.69, 9.17) is 10.5 Å². The summed E-state index contributed by atoms with van der Waals surface area (Å²) in [6.07, 6.45) is 0.887. The molecule has 2 aromatic rings. The molecule has 0 aliphatic carbocycles. The summed E-state index contributed by atoms with van der Waals surface area (Å²) in [6.45, 7) is 1.16. The van der Waals surface area contributed by atoms with Crippen molar-refractivity contribution in [3.8, 4) is 5.75 Å². The molecule has 2 N–H and O–H groups in total. The zero-order chi connectivity index (χ0) is 13.7. The van der Waals surface area contributed by atoms with Crippen LogP contribution < -0.4 is 10.5 Å². The van der Waals surface area contributed by atoms with Crippen LogP contribution in [0.3, 0.4) is 0 Å². The molecule has 0 fully saturated rings. The first-order chi connectivity index (χ1) is 9.20. The van der Waals surface area contributed by atoms with Gasteiger partial charge in [0.25, 0.3) is 0 Å². The molecule has 0 saturated carbocycles. The lowest BCUT2D eigenvalue weighted by Crippen LogP contribution is -2.03. The van der Waals surface area contributed by atoms with Crippen LogP contribution in [0.1, 0.15) is 11.1 Å². The minimum absolute atomic E-state index is 0.515. The Bertz CT molecular complexity index is 520. The second-order valence-electron chi connectivity index (χ2n) is 4.18. The molecule has 0 spiro atoms. The van der Waals surface area contributed by atoms with Gasteiger partial charge in [0.1, 0.15) is 5.75 Å². The molecule has 0 amide bonds. The van der Waals surface area contributed by atoms with E-state index in [0.717, 1.165) is 26.7 Å². The van der Waals surface area contributed by atoms with Crippen LogP contribution >= 0.6 is 31.9 Å². The van der Waals surface area contributed by atoms with Crippen LogP contribution in [0, 0.1) is 0 Å². The van der Waals surface area contributed by atoms with Crippen LogP contribution in [0.25, 0.3) is 0 Å². The fraction of sp³-hybridized carbons (Fsp3) is 0.200. The lowest BCUT2D eigenvalue weighted by molar-refractivity contribution is 0.318. The van der Waals surface area contributed by atoms with Crippen LogP contribution in [0.15, 0.2) is 51.4 Å². The number of nitrogens with two attached hydrogens (primary N) is 1. The van der Waals surface area contributed by atoms with E-state index in [0.29, 0.717) is 13.2 Å². The van der Waals surface area contributed by atoms with Crippen LogP contribution in [0.5, 0.6) is 5.75 Å². The topological polar surface area (TPSA) is 35.2 Å². The number of benzene rings is 2. The number of hydrogen-bond donors (Lipinski definition) is 1. The largest absolute Gasteiger partial charge is 0.491 e. The van der Waals surface area contributed by atoms with E-state index >= 15 is 0 Å². The summed E-state index contributed by atoms with van der Waals surface area (Å²) < 4.78 is 7.69. The van der Waals surface area contributed by atoms with Crippen molar-refractivity contribution in [1.82, 2.24) is 0 Å². The maximum Gasteiger partial charge on any atom is 0.147 e. The van der Waals surface area contributed by atoms with Crippen molar-refractivity contribution in [2.75, 3.05) is 6.61 Å². The average Bonchev–Trinajstić information content (AvgIpc) is 2.42. The maximum atomic E-state index is 5.84. The third-order valence-corrected chi connectivity index (χ3v) is 3.95. The highest BCUT2D eigenvalue weighted by molar-refractivity contribution is 9.11. The lowest BCUT2D eigenvalue weighted by atomic mass is 10.2. The van der Waals surface area contributed by atoms with E-state index in [2.05, 4.69) is 44.0 Å². The van der Waals surface area contributed by atoms with E-state index in [1.165, 1.54) is 5.56 Å². The SMILES string of the molecule is NCc1cc(Br)c(OCCc2ccccc2)c(Br)c1. The van der Waals surface area contributed by atoms with Crippen LogP contribution in [0.4, 0.5) is 0 Å². The monoisotopic (exact) mass is 383 g/mol. The highest BCUT2D eigenvalue weighted by atomic mass is 79.9. The molecular formula is C15H15Br2NO. The van der Waals surface area contributed by atoms with E-state index in [1.807, 2.05) is 30.3 Å². The molecule has 0 unspecified atom stereocenters. The van der Waals surface area contributed by atoms with Gasteiger partial charge >= 0.3 is 0 Å². The van der Waals surface area contributed by atoms with Gasteiger partial charge in [-0.05, 0) is 55.1 Å². The summed E-state index contributed by atoms with van der Waals surface area (Å²) >= 11 is 7.03. The Labute approximate surface area is 130 Å². The summed E-state index contributed by atoms with van der Waals surface area (Å²) in [5, 5.41) is 0. The zero-order valence-corrected chi connectivity index (χ0v) is 13.6. The first kappa shape index (κ1) is 14.6. The van der Waals surface area contributed by atoms with E-state index in [-0.39, 0.29) is 0 Å². The van der Waals surface area contributed by atoms with Crippen molar-refractivity contribution < 1.29 is 4.74 Å². The van der Waals surface area contributed by atoms with Crippen molar-refractivity contribution in [2.45, 2.75) is 13.0 Å². The number of halogens is 2. The van der Waals surface area contributed by atoms with E-state index in [1.54, 1.807) is 0 Å². The smallest absolute Gasteiger partial charge is 0.147 e. The van der Waals surface area contributed by atoms with Crippen LogP contribution in [-0.4, -0.2) is 6.61 Å². The molecule has 0 bridgehead atoms. The average molecular weight is 385 g/mol. The first-order valence-corrected chi connectivity index (χ1v) is 7.64. The highest BCUT2D eigenvalue weighted by Crippen LogP contribution is 2.34. The third-order valence-electron chi connectivity index (χ3n) is 2.77. The number of hydrogen-bond acceptors (Lipinski definition) is 2. The minimum atomic E-state index is 0.515. The van der Waals surface area contributed by atoms with Gasteiger partial charge in [-0.2, -0.15) is 0 Å². The van der Waals surface area contributed by atoms with Gasteiger partial charge in [0, 0.05) is 13.0 Å². The molecule has 0 heterocycles. The van der Waals surface area contributed by atoms with Crippen molar-refractivity contribution >= 4 is 31.9 Å². The molecule has 100 valence electrons.